The maximum atomic E-state index is 12.4. The molecule has 0 saturated heterocycles. The second kappa shape index (κ2) is 10.6. The lowest BCUT2D eigenvalue weighted by molar-refractivity contribution is -0.153. The van der Waals surface area contributed by atoms with Gasteiger partial charge >= 0.3 is 5.97 Å². The number of ether oxygens (including phenoxy) is 2. The molecule has 30 heavy (non-hydrogen) atoms. The Kier molecular flexibility index (Phi) is 8.24. The fourth-order valence-corrected chi connectivity index (χ4v) is 2.81. The Balaban J connectivity index is 1.88. The van der Waals surface area contributed by atoms with Crippen LogP contribution in [0.4, 0.5) is 5.69 Å². The molecular formula is C22H25ClN2O5. The predicted molar refractivity (Wildman–Crippen MR) is 115 cm³/mol. The Labute approximate surface area is 180 Å². The Morgan fingerprint density at radius 1 is 1.10 bits per heavy atom. The molecule has 0 radical (unpaired) electrons. The van der Waals surface area contributed by atoms with Crippen molar-refractivity contribution in [1.29, 1.82) is 0 Å². The lowest BCUT2D eigenvalue weighted by atomic mass is 10.2. The highest BCUT2D eigenvalue weighted by Gasteiger charge is 2.21. The van der Waals surface area contributed by atoms with Gasteiger partial charge in [0.1, 0.15) is 5.75 Å². The van der Waals surface area contributed by atoms with Crippen LogP contribution in [0.25, 0.3) is 0 Å². The zero-order valence-corrected chi connectivity index (χ0v) is 18.1. The summed E-state index contributed by atoms with van der Waals surface area (Å²) in [4.78, 5) is 36.7. The van der Waals surface area contributed by atoms with Crippen LogP contribution in [-0.2, 0) is 14.3 Å². The summed E-state index contributed by atoms with van der Waals surface area (Å²) in [5.41, 5.74) is 1.69. The number of halogens is 1. The summed E-state index contributed by atoms with van der Waals surface area (Å²) in [6.07, 6.45) is -1.10. The van der Waals surface area contributed by atoms with Gasteiger partial charge in [-0.1, -0.05) is 29.8 Å². The topological polar surface area (TPSA) is 93.7 Å². The molecule has 2 amide bonds. The van der Waals surface area contributed by atoms with Gasteiger partial charge in [0.25, 0.3) is 11.8 Å². The Hall–Kier alpha value is -3.06. The van der Waals surface area contributed by atoms with E-state index in [0.717, 1.165) is 5.56 Å². The molecule has 0 aliphatic heterocycles. The molecule has 0 bridgehead atoms. The van der Waals surface area contributed by atoms with E-state index in [1.54, 1.807) is 50.2 Å². The molecule has 0 spiro atoms. The van der Waals surface area contributed by atoms with Crippen molar-refractivity contribution < 1.29 is 23.9 Å². The fraction of sp³-hybridized carbons (Fsp3) is 0.318. The average Bonchev–Trinajstić information content (AvgIpc) is 2.70. The number of esters is 1. The van der Waals surface area contributed by atoms with Crippen LogP contribution >= 0.6 is 11.6 Å². The number of rotatable bonds is 8. The monoisotopic (exact) mass is 432 g/mol. The summed E-state index contributed by atoms with van der Waals surface area (Å²) in [5.74, 6) is -0.997. The number of carbonyl (C=O) groups excluding carboxylic acids is 3. The van der Waals surface area contributed by atoms with Gasteiger partial charge in [0.05, 0.1) is 19.2 Å². The molecule has 2 atom stereocenters. The lowest BCUT2D eigenvalue weighted by Crippen LogP contribution is -2.36. The van der Waals surface area contributed by atoms with E-state index in [1.165, 1.54) is 14.0 Å². The SMILES string of the molecule is COc1cc(Cl)c(C)cc1NC(=O)C(C)OC(=O)CC(C)NC(=O)c1ccccc1. The number of methoxy groups -OCH3 is 1. The minimum Gasteiger partial charge on any atom is -0.495 e. The normalized spacial score (nSPS) is 12.4. The standard InChI is InChI=1S/C22H25ClN2O5/c1-13-10-18(19(29-4)12-17(13)23)25-21(27)15(3)30-20(26)11-14(2)24-22(28)16-8-6-5-7-9-16/h5-10,12,14-15H,11H2,1-4H3,(H,24,28)(H,25,27). The number of benzene rings is 2. The van der Waals surface area contributed by atoms with E-state index in [4.69, 9.17) is 21.1 Å². The fourth-order valence-electron chi connectivity index (χ4n) is 2.66. The maximum absolute atomic E-state index is 12.4. The molecule has 2 aromatic rings. The molecule has 2 unspecified atom stereocenters. The summed E-state index contributed by atoms with van der Waals surface area (Å²) in [5, 5.41) is 5.91. The third-order valence-electron chi connectivity index (χ3n) is 4.30. The van der Waals surface area contributed by atoms with Crippen LogP contribution < -0.4 is 15.4 Å². The van der Waals surface area contributed by atoms with Gasteiger partial charge in [0, 0.05) is 22.7 Å². The molecule has 0 heterocycles. The van der Waals surface area contributed by atoms with Crippen molar-refractivity contribution in [2.75, 3.05) is 12.4 Å². The number of carbonyl (C=O) groups is 3. The number of anilines is 1. The van der Waals surface area contributed by atoms with E-state index in [9.17, 15) is 14.4 Å². The maximum Gasteiger partial charge on any atom is 0.308 e. The number of hydrogen-bond acceptors (Lipinski definition) is 5. The van der Waals surface area contributed by atoms with Crippen LogP contribution in [0.5, 0.6) is 5.75 Å². The summed E-state index contributed by atoms with van der Waals surface area (Å²) < 4.78 is 10.4. The van der Waals surface area contributed by atoms with Gasteiger partial charge in [0.2, 0.25) is 0 Å². The third kappa shape index (κ3) is 6.49. The van der Waals surface area contributed by atoms with Crippen LogP contribution in [0.15, 0.2) is 42.5 Å². The van der Waals surface area contributed by atoms with Crippen molar-refractivity contribution in [2.24, 2.45) is 0 Å². The Morgan fingerprint density at radius 3 is 2.40 bits per heavy atom. The van der Waals surface area contributed by atoms with E-state index in [1.807, 2.05) is 6.07 Å². The molecule has 2 rings (SSSR count). The second-order valence-corrected chi connectivity index (χ2v) is 7.27. The van der Waals surface area contributed by atoms with Crippen LogP contribution in [0.2, 0.25) is 5.02 Å². The molecule has 0 aliphatic rings. The quantitative estimate of drug-likeness (QED) is 0.620. The highest BCUT2D eigenvalue weighted by Crippen LogP contribution is 2.31. The van der Waals surface area contributed by atoms with E-state index in [0.29, 0.717) is 22.0 Å². The molecule has 8 heteroatoms. The van der Waals surface area contributed by atoms with Crippen molar-refractivity contribution in [3.63, 3.8) is 0 Å². The van der Waals surface area contributed by atoms with Crippen LogP contribution in [0.1, 0.15) is 36.2 Å². The Morgan fingerprint density at radius 2 is 1.77 bits per heavy atom. The van der Waals surface area contributed by atoms with Crippen LogP contribution in [0.3, 0.4) is 0 Å². The third-order valence-corrected chi connectivity index (χ3v) is 4.71. The number of hydrogen-bond donors (Lipinski definition) is 2. The summed E-state index contributed by atoms with van der Waals surface area (Å²) in [7, 11) is 1.46. The molecule has 2 aromatic carbocycles. The van der Waals surface area contributed by atoms with Crippen molar-refractivity contribution in [2.45, 2.75) is 39.3 Å². The molecule has 0 aliphatic carbocycles. The van der Waals surface area contributed by atoms with Crippen molar-refractivity contribution in [1.82, 2.24) is 5.32 Å². The first-order chi connectivity index (χ1) is 14.2. The van der Waals surface area contributed by atoms with Gasteiger partial charge in [-0.15, -0.1) is 0 Å². The van der Waals surface area contributed by atoms with Crippen molar-refractivity contribution in [3.05, 3.63) is 58.6 Å². The van der Waals surface area contributed by atoms with Gasteiger partial charge < -0.3 is 20.1 Å². The van der Waals surface area contributed by atoms with Gasteiger partial charge in [-0.25, -0.2) is 0 Å². The molecule has 0 saturated carbocycles. The molecular weight excluding hydrogens is 408 g/mol. The summed E-state index contributed by atoms with van der Waals surface area (Å²) in [6, 6.07) is 11.5. The molecule has 160 valence electrons. The summed E-state index contributed by atoms with van der Waals surface area (Å²) in [6.45, 7) is 4.95. The number of aryl methyl sites for hydroxylation is 1. The van der Waals surface area contributed by atoms with Crippen LogP contribution in [0, 0.1) is 6.92 Å². The lowest BCUT2D eigenvalue weighted by Gasteiger charge is -2.18. The summed E-state index contributed by atoms with van der Waals surface area (Å²) >= 11 is 6.06. The second-order valence-electron chi connectivity index (χ2n) is 6.87. The van der Waals surface area contributed by atoms with Gasteiger partial charge in [-0.05, 0) is 44.5 Å². The Bertz CT molecular complexity index is 917. The highest BCUT2D eigenvalue weighted by atomic mass is 35.5. The van der Waals surface area contributed by atoms with Crippen molar-refractivity contribution in [3.8, 4) is 5.75 Å². The van der Waals surface area contributed by atoms with E-state index < -0.39 is 24.0 Å². The number of amides is 2. The predicted octanol–water partition coefficient (Wildman–Crippen LogP) is 3.74. The smallest absolute Gasteiger partial charge is 0.308 e. The number of nitrogens with one attached hydrogen (secondary N) is 2. The molecule has 2 N–H and O–H groups in total. The van der Waals surface area contributed by atoms with E-state index in [2.05, 4.69) is 10.6 Å². The van der Waals surface area contributed by atoms with Gasteiger partial charge in [0.15, 0.2) is 6.10 Å². The van der Waals surface area contributed by atoms with E-state index >= 15 is 0 Å². The highest BCUT2D eigenvalue weighted by molar-refractivity contribution is 6.31. The minimum absolute atomic E-state index is 0.0699. The van der Waals surface area contributed by atoms with Gasteiger partial charge in [-0.3, -0.25) is 14.4 Å². The van der Waals surface area contributed by atoms with Crippen LogP contribution in [-0.4, -0.2) is 37.0 Å². The first kappa shape index (κ1) is 23.2. The largest absolute Gasteiger partial charge is 0.495 e. The minimum atomic E-state index is -1.03. The zero-order chi connectivity index (χ0) is 22.3. The molecule has 0 aromatic heterocycles. The molecule has 7 nitrogen and oxygen atoms in total. The van der Waals surface area contributed by atoms with Gasteiger partial charge in [-0.2, -0.15) is 0 Å². The zero-order valence-electron chi connectivity index (χ0n) is 17.3. The van der Waals surface area contributed by atoms with E-state index in [-0.39, 0.29) is 12.3 Å². The van der Waals surface area contributed by atoms with Crippen molar-refractivity contribution >= 4 is 35.1 Å². The molecule has 0 fully saturated rings. The average molecular weight is 433 g/mol. The first-order valence-electron chi connectivity index (χ1n) is 9.41. The first-order valence-corrected chi connectivity index (χ1v) is 9.79.